The lowest BCUT2D eigenvalue weighted by atomic mass is 10.1. The molecule has 0 aromatic heterocycles. The molecule has 0 saturated heterocycles. The number of alkyl halides is 3. The van der Waals surface area contributed by atoms with Crippen molar-refractivity contribution in [3.8, 4) is 6.07 Å². The van der Waals surface area contributed by atoms with Gasteiger partial charge in [0.2, 0.25) is 0 Å². The summed E-state index contributed by atoms with van der Waals surface area (Å²) in [6.07, 6.45) is -3.80. The van der Waals surface area contributed by atoms with Crippen LogP contribution in [0.25, 0.3) is 6.08 Å². The van der Waals surface area contributed by atoms with Gasteiger partial charge in [-0.3, -0.25) is 9.59 Å². The van der Waals surface area contributed by atoms with E-state index >= 15 is 0 Å². The number of carbonyl (C=O) groups is 2. The maximum absolute atomic E-state index is 12.3. The number of carbonyl (C=O) groups excluding carboxylic acids is 2. The zero-order valence-electron chi connectivity index (χ0n) is 14.1. The van der Waals surface area contributed by atoms with Gasteiger partial charge >= 0.3 is 12.1 Å². The summed E-state index contributed by atoms with van der Waals surface area (Å²) in [6, 6.07) is 14.0. The molecule has 2 aromatic rings. The van der Waals surface area contributed by atoms with Gasteiger partial charge < -0.3 is 10.6 Å². The Balaban J connectivity index is 2.18. The average molecular weight is 373 g/mol. The highest BCUT2D eigenvalue weighted by molar-refractivity contribution is 6.09. The second kappa shape index (κ2) is 8.19. The fourth-order valence-electron chi connectivity index (χ4n) is 2.06. The molecule has 0 radical (unpaired) electrons. The van der Waals surface area contributed by atoms with Crippen molar-refractivity contribution in [3.05, 3.63) is 65.2 Å². The standard InChI is InChI=1S/C19H14F3N3O2/c1-12-5-7-15(8-6-12)24-17(26)14(11-23)9-13-3-2-4-16(10-13)25-18(27)19(20,21)22/h2-10H,1H3,(H,24,26)(H,25,27)/b14-9+. The largest absolute Gasteiger partial charge is 0.471 e. The maximum Gasteiger partial charge on any atom is 0.471 e. The van der Waals surface area contributed by atoms with E-state index in [1.165, 1.54) is 30.3 Å². The molecule has 138 valence electrons. The fraction of sp³-hybridized carbons (Fsp3) is 0.105. The summed E-state index contributed by atoms with van der Waals surface area (Å²) in [6.45, 7) is 1.89. The SMILES string of the molecule is Cc1ccc(NC(=O)/C(C#N)=C/c2cccc(NC(=O)C(F)(F)F)c2)cc1. The highest BCUT2D eigenvalue weighted by Gasteiger charge is 2.38. The Bertz CT molecular complexity index is 926. The third kappa shape index (κ3) is 5.71. The minimum Gasteiger partial charge on any atom is -0.321 e. The summed E-state index contributed by atoms with van der Waals surface area (Å²) in [4.78, 5) is 23.2. The van der Waals surface area contributed by atoms with Gasteiger partial charge in [0.15, 0.2) is 0 Å². The lowest BCUT2D eigenvalue weighted by Crippen LogP contribution is -2.29. The number of amides is 2. The summed E-state index contributed by atoms with van der Waals surface area (Å²) < 4.78 is 37.0. The predicted molar refractivity (Wildman–Crippen MR) is 94.5 cm³/mol. The molecule has 2 amide bonds. The molecule has 0 saturated carbocycles. The van der Waals surface area contributed by atoms with E-state index in [9.17, 15) is 28.0 Å². The lowest BCUT2D eigenvalue weighted by Gasteiger charge is -2.08. The number of anilines is 2. The first-order chi connectivity index (χ1) is 12.7. The van der Waals surface area contributed by atoms with Gasteiger partial charge in [0, 0.05) is 11.4 Å². The molecule has 27 heavy (non-hydrogen) atoms. The quantitative estimate of drug-likeness (QED) is 0.627. The molecule has 0 aliphatic carbocycles. The van der Waals surface area contributed by atoms with E-state index in [1.807, 2.05) is 6.92 Å². The van der Waals surface area contributed by atoms with Crippen molar-refractivity contribution in [2.45, 2.75) is 13.1 Å². The molecule has 0 aliphatic rings. The number of hydrogen-bond acceptors (Lipinski definition) is 3. The Kier molecular flexibility index (Phi) is 5.98. The van der Waals surface area contributed by atoms with Gasteiger partial charge in [-0.1, -0.05) is 29.8 Å². The van der Waals surface area contributed by atoms with E-state index in [0.717, 1.165) is 5.56 Å². The van der Waals surface area contributed by atoms with Crippen LogP contribution in [0.15, 0.2) is 54.1 Å². The first-order valence-corrected chi connectivity index (χ1v) is 7.67. The molecular formula is C19H14F3N3O2. The summed E-state index contributed by atoms with van der Waals surface area (Å²) in [5.41, 5.74) is 1.43. The molecule has 0 aliphatic heterocycles. The van der Waals surface area contributed by atoms with Crippen LogP contribution in [-0.4, -0.2) is 18.0 Å². The first kappa shape index (κ1) is 19.7. The predicted octanol–water partition coefficient (Wildman–Crippen LogP) is 4.04. The average Bonchev–Trinajstić information content (AvgIpc) is 2.61. The van der Waals surface area contributed by atoms with Gasteiger partial charge in [-0.05, 0) is 42.8 Å². The normalized spacial score (nSPS) is 11.4. The van der Waals surface area contributed by atoms with Crippen LogP contribution in [0.2, 0.25) is 0 Å². The van der Waals surface area contributed by atoms with Crippen molar-refractivity contribution in [2.24, 2.45) is 0 Å². The molecule has 0 bridgehead atoms. The van der Waals surface area contributed by atoms with Gasteiger partial charge in [0.05, 0.1) is 0 Å². The second-order valence-electron chi connectivity index (χ2n) is 5.57. The molecule has 0 unspecified atom stereocenters. The molecule has 2 aromatic carbocycles. The van der Waals surface area contributed by atoms with Crippen LogP contribution in [0, 0.1) is 18.3 Å². The van der Waals surface area contributed by atoms with Crippen molar-refractivity contribution >= 4 is 29.3 Å². The molecule has 0 atom stereocenters. The van der Waals surface area contributed by atoms with Crippen LogP contribution in [0.5, 0.6) is 0 Å². The molecule has 2 rings (SSSR count). The van der Waals surface area contributed by atoms with Crippen molar-refractivity contribution < 1.29 is 22.8 Å². The van der Waals surface area contributed by atoms with Crippen molar-refractivity contribution in [1.82, 2.24) is 0 Å². The third-order valence-electron chi connectivity index (χ3n) is 3.39. The van der Waals surface area contributed by atoms with Gasteiger partial charge in [-0.25, -0.2) is 0 Å². The minimum absolute atomic E-state index is 0.109. The van der Waals surface area contributed by atoms with Gasteiger partial charge in [0.1, 0.15) is 11.6 Å². The summed E-state index contributed by atoms with van der Waals surface area (Å²) in [5, 5.41) is 13.5. The smallest absolute Gasteiger partial charge is 0.321 e. The van der Waals surface area contributed by atoms with Crippen LogP contribution in [0.3, 0.4) is 0 Å². The number of nitrogens with one attached hydrogen (secondary N) is 2. The summed E-state index contributed by atoms with van der Waals surface area (Å²) >= 11 is 0. The summed E-state index contributed by atoms with van der Waals surface area (Å²) in [5.74, 6) is -2.77. The lowest BCUT2D eigenvalue weighted by molar-refractivity contribution is -0.167. The number of nitriles is 1. The van der Waals surface area contributed by atoms with Crippen molar-refractivity contribution in [3.63, 3.8) is 0 Å². The molecule has 5 nitrogen and oxygen atoms in total. The first-order valence-electron chi connectivity index (χ1n) is 7.67. The second-order valence-corrected chi connectivity index (χ2v) is 5.57. The Morgan fingerprint density at radius 3 is 2.30 bits per heavy atom. The van der Waals surface area contributed by atoms with Crippen molar-refractivity contribution in [2.75, 3.05) is 10.6 Å². The minimum atomic E-state index is -5.02. The Morgan fingerprint density at radius 2 is 1.70 bits per heavy atom. The van der Waals surface area contributed by atoms with Gasteiger partial charge in [0.25, 0.3) is 5.91 Å². The number of rotatable bonds is 4. The highest BCUT2D eigenvalue weighted by atomic mass is 19.4. The molecule has 0 spiro atoms. The third-order valence-corrected chi connectivity index (χ3v) is 3.39. The molecule has 0 fully saturated rings. The molecule has 8 heteroatoms. The zero-order chi connectivity index (χ0) is 20.0. The van der Waals surface area contributed by atoms with E-state index in [4.69, 9.17) is 0 Å². The van der Waals surface area contributed by atoms with E-state index in [0.29, 0.717) is 5.69 Å². The molecule has 0 heterocycles. The van der Waals surface area contributed by atoms with Crippen LogP contribution in [0.1, 0.15) is 11.1 Å². The topological polar surface area (TPSA) is 82.0 Å². The van der Waals surface area contributed by atoms with Crippen LogP contribution in [0.4, 0.5) is 24.5 Å². The van der Waals surface area contributed by atoms with E-state index in [2.05, 4.69) is 5.32 Å². The number of nitrogens with zero attached hydrogens (tertiary/aromatic N) is 1. The van der Waals surface area contributed by atoms with Crippen molar-refractivity contribution in [1.29, 1.82) is 5.26 Å². The van der Waals surface area contributed by atoms with Gasteiger partial charge in [-0.15, -0.1) is 0 Å². The number of halogens is 3. The van der Waals surface area contributed by atoms with E-state index in [1.54, 1.807) is 35.7 Å². The van der Waals surface area contributed by atoms with Gasteiger partial charge in [-0.2, -0.15) is 18.4 Å². The highest BCUT2D eigenvalue weighted by Crippen LogP contribution is 2.20. The Hall–Kier alpha value is -3.60. The number of benzene rings is 2. The summed E-state index contributed by atoms with van der Waals surface area (Å²) in [7, 11) is 0. The Morgan fingerprint density at radius 1 is 1.04 bits per heavy atom. The zero-order valence-corrected chi connectivity index (χ0v) is 14.1. The maximum atomic E-state index is 12.3. The Labute approximate surface area is 153 Å². The molecular weight excluding hydrogens is 359 g/mol. The fourth-order valence-corrected chi connectivity index (χ4v) is 2.06. The van der Waals surface area contributed by atoms with Crippen LogP contribution >= 0.6 is 0 Å². The monoisotopic (exact) mass is 373 g/mol. The number of aryl methyl sites for hydroxylation is 1. The number of hydrogen-bond donors (Lipinski definition) is 2. The van der Waals surface area contributed by atoms with Crippen LogP contribution < -0.4 is 10.6 Å². The van der Waals surface area contributed by atoms with Crippen LogP contribution in [-0.2, 0) is 9.59 Å². The molecule has 2 N–H and O–H groups in total. The van der Waals surface area contributed by atoms with E-state index < -0.39 is 18.0 Å². The van der Waals surface area contributed by atoms with E-state index in [-0.39, 0.29) is 16.8 Å².